The summed E-state index contributed by atoms with van der Waals surface area (Å²) in [5, 5.41) is 19.5. The van der Waals surface area contributed by atoms with Gasteiger partial charge in [0.25, 0.3) is 0 Å². The molecule has 2 rings (SSSR count). The molecule has 94 valence electrons. The smallest absolute Gasteiger partial charge is 0.149 e. The lowest BCUT2D eigenvalue weighted by Gasteiger charge is -2.10. The Labute approximate surface area is 123 Å². The highest BCUT2D eigenvalue weighted by atomic mass is 127. The normalized spacial score (nSPS) is 10.4. The van der Waals surface area contributed by atoms with Crippen LogP contribution >= 0.6 is 34.2 Å². The number of rotatable bonds is 2. The number of aromatic hydroxyl groups is 2. The first-order valence-electron chi connectivity index (χ1n) is 5.13. The van der Waals surface area contributed by atoms with Crippen LogP contribution in [0.3, 0.4) is 0 Å². The number of hydrogen-bond acceptors (Lipinski definition) is 3. The molecule has 2 N–H and O–H groups in total. The van der Waals surface area contributed by atoms with Gasteiger partial charge in [0.2, 0.25) is 0 Å². The maximum atomic E-state index is 9.67. The van der Waals surface area contributed by atoms with Crippen LogP contribution in [0.25, 0.3) is 0 Å². The summed E-state index contributed by atoms with van der Waals surface area (Å²) in [5.41, 5.74) is 0.716. The minimum Gasteiger partial charge on any atom is -0.508 e. The predicted octanol–water partition coefficient (Wildman–Crippen LogP) is 4.46. The molecule has 0 aliphatic rings. The highest BCUT2D eigenvalue weighted by Crippen LogP contribution is 2.35. The molecule has 0 saturated carbocycles. The van der Waals surface area contributed by atoms with E-state index in [1.54, 1.807) is 25.1 Å². The van der Waals surface area contributed by atoms with Crippen molar-refractivity contribution < 1.29 is 14.9 Å². The molecule has 0 aromatic heterocycles. The van der Waals surface area contributed by atoms with Crippen molar-refractivity contribution in [1.29, 1.82) is 0 Å². The number of benzene rings is 2. The third kappa shape index (κ3) is 2.81. The largest absolute Gasteiger partial charge is 0.508 e. The molecular formula is C13H10ClIO3. The molecule has 0 radical (unpaired) electrons. The van der Waals surface area contributed by atoms with E-state index in [0.717, 1.165) is 0 Å². The molecule has 3 nitrogen and oxygen atoms in total. The van der Waals surface area contributed by atoms with Crippen LogP contribution < -0.4 is 4.74 Å². The molecule has 0 bridgehead atoms. The lowest BCUT2D eigenvalue weighted by Crippen LogP contribution is -1.88. The lowest BCUT2D eigenvalue weighted by molar-refractivity contribution is 0.448. The highest BCUT2D eigenvalue weighted by Gasteiger charge is 2.09. The molecule has 0 fully saturated rings. The van der Waals surface area contributed by atoms with Crippen molar-refractivity contribution in [2.75, 3.05) is 0 Å². The van der Waals surface area contributed by atoms with Crippen molar-refractivity contribution in [3.63, 3.8) is 0 Å². The third-order valence-electron chi connectivity index (χ3n) is 2.37. The molecule has 2 aromatic carbocycles. The average Bonchev–Trinajstić information content (AvgIpc) is 2.31. The Balaban J connectivity index is 2.37. The average molecular weight is 377 g/mol. The van der Waals surface area contributed by atoms with Crippen molar-refractivity contribution in [1.82, 2.24) is 0 Å². The maximum absolute atomic E-state index is 9.67. The SMILES string of the molecule is Cc1cc(Oc2cc(O)ccc2Cl)cc(I)c1O. The Morgan fingerprint density at radius 2 is 1.89 bits per heavy atom. The fraction of sp³-hybridized carbons (Fsp3) is 0.0769. The first-order valence-corrected chi connectivity index (χ1v) is 6.58. The van der Waals surface area contributed by atoms with Crippen LogP contribution in [0.5, 0.6) is 23.0 Å². The van der Waals surface area contributed by atoms with Crippen molar-refractivity contribution in [3.8, 4) is 23.0 Å². The molecule has 0 heterocycles. The monoisotopic (exact) mass is 376 g/mol. The van der Waals surface area contributed by atoms with Gasteiger partial charge >= 0.3 is 0 Å². The number of halogens is 2. The zero-order chi connectivity index (χ0) is 13.3. The minimum absolute atomic E-state index is 0.0830. The van der Waals surface area contributed by atoms with Gasteiger partial charge in [-0.1, -0.05) is 11.6 Å². The summed E-state index contributed by atoms with van der Waals surface area (Å²) in [4.78, 5) is 0. The van der Waals surface area contributed by atoms with E-state index in [-0.39, 0.29) is 11.5 Å². The lowest BCUT2D eigenvalue weighted by atomic mass is 10.2. The molecule has 5 heteroatoms. The third-order valence-corrected chi connectivity index (χ3v) is 3.50. The number of aryl methyl sites for hydroxylation is 1. The van der Waals surface area contributed by atoms with E-state index in [4.69, 9.17) is 16.3 Å². The second-order valence-electron chi connectivity index (χ2n) is 3.79. The van der Waals surface area contributed by atoms with Gasteiger partial charge < -0.3 is 14.9 Å². The fourth-order valence-corrected chi connectivity index (χ4v) is 2.35. The second kappa shape index (κ2) is 5.24. The molecule has 0 aliphatic carbocycles. The highest BCUT2D eigenvalue weighted by molar-refractivity contribution is 14.1. The van der Waals surface area contributed by atoms with Gasteiger partial charge in [-0.25, -0.2) is 0 Å². The second-order valence-corrected chi connectivity index (χ2v) is 5.36. The Morgan fingerprint density at radius 3 is 2.56 bits per heavy atom. The van der Waals surface area contributed by atoms with Crippen LogP contribution in [-0.4, -0.2) is 10.2 Å². The number of hydrogen-bond donors (Lipinski definition) is 2. The summed E-state index contributed by atoms with van der Waals surface area (Å²) in [7, 11) is 0. The molecule has 0 unspecified atom stereocenters. The van der Waals surface area contributed by atoms with E-state index >= 15 is 0 Å². The van der Waals surface area contributed by atoms with Gasteiger partial charge in [-0.15, -0.1) is 0 Å². The molecule has 0 saturated heterocycles. The van der Waals surface area contributed by atoms with E-state index in [9.17, 15) is 10.2 Å². The van der Waals surface area contributed by atoms with Gasteiger partial charge in [-0.05, 0) is 59.3 Å². The van der Waals surface area contributed by atoms with E-state index in [1.807, 2.05) is 22.6 Å². The Kier molecular flexibility index (Phi) is 3.87. The van der Waals surface area contributed by atoms with Gasteiger partial charge in [-0.3, -0.25) is 0 Å². The first-order chi connectivity index (χ1) is 8.47. The van der Waals surface area contributed by atoms with E-state index in [2.05, 4.69) is 0 Å². The quantitative estimate of drug-likeness (QED) is 0.761. The van der Waals surface area contributed by atoms with E-state index in [1.165, 1.54) is 12.1 Å². The topological polar surface area (TPSA) is 49.7 Å². The Bertz CT molecular complexity index is 576. The Hall–Kier alpha value is -1.14. The summed E-state index contributed by atoms with van der Waals surface area (Å²) in [6.45, 7) is 1.79. The van der Waals surface area contributed by atoms with Crippen LogP contribution in [-0.2, 0) is 0 Å². The van der Waals surface area contributed by atoms with E-state index < -0.39 is 0 Å². The zero-order valence-corrected chi connectivity index (χ0v) is 12.4. The molecule has 0 aliphatic heterocycles. The minimum atomic E-state index is 0.0830. The van der Waals surface area contributed by atoms with Gasteiger partial charge in [0.15, 0.2) is 0 Å². The standard InChI is InChI=1S/C13H10ClIO3/c1-7-4-9(6-11(15)13(7)17)18-12-5-8(16)2-3-10(12)14/h2-6,16-17H,1H3. The van der Waals surface area contributed by atoms with Crippen LogP contribution in [0.15, 0.2) is 30.3 Å². The van der Waals surface area contributed by atoms with Crippen molar-refractivity contribution >= 4 is 34.2 Å². The molecule has 0 spiro atoms. The summed E-state index contributed by atoms with van der Waals surface area (Å²) in [5.74, 6) is 1.25. The molecule has 0 atom stereocenters. The predicted molar refractivity (Wildman–Crippen MR) is 78.8 cm³/mol. The number of phenolic OH excluding ortho intramolecular Hbond substituents is 2. The summed E-state index contributed by atoms with van der Waals surface area (Å²) < 4.78 is 6.29. The van der Waals surface area contributed by atoms with Crippen LogP contribution in [0.2, 0.25) is 5.02 Å². The maximum Gasteiger partial charge on any atom is 0.149 e. The van der Waals surface area contributed by atoms with E-state index in [0.29, 0.717) is 25.7 Å². The summed E-state index contributed by atoms with van der Waals surface area (Å²) in [6, 6.07) is 7.89. The molecule has 2 aromatic rings. The van der Waals surface area contributed by atoms with Gasteiger partial charge in [0, 0.05) is 6.07 Å². The van der Waals surface area contributed by atoms with Crippen molar-refractivity contribution in [2.24, 2.45) is 0 Å². The van der Waals surface area contributed by atoms with Crippen LogP contribution in [0.4, 0.5) is 0 Å². The number of phenols is 2. The van der Waals surface area contributed by atoms with Gasteiger partial charge in [-0.2, -0.15) is 0 Å². The van der Waals surface area contributed by atoms with Crippen LogP contribution in [0.1, 0.15) is 5.56 Å². The van der Waals surface area contributed by atoms with Gasteiger partial charge in [0.1, 0.15) is 23.0 Å². The Morgan fingerprint density at radius 1 is 1.17 bits per heavy atom. The van der Waals surface area contributed by atoms with Crippen molar-refractivity contribution in [2.45, 2.75) is 6.92 Å². The van der Waals surface area contributed by atoms with Crippen molar-refractivity contribution in [3.05, 3.63) is 44.5 Å². The molecule has 0 amide bonds. The molecular weight excluding hydrogens is 366 g/mol. The summed E-state index contributed by atoms with van der Waals surface area (Å²) >= 11 is 7.99. The van der Waals surface area contributed by atoms with Crippen LogP contribution in [0, 0.1) is 10.5 Å². The molecule has 18 heavy (non-hydrogen) atoms. The first kappa shape index (κ1) is 13.3. The fourth-order valence-electron chi connectivity index (χ4n) is 1.46. The van der Waals surface area contributed by atoms with Gasteiger partial charge in [0.05, 0.1) is 8.59 Å². The zero-order valence-electron chi connectivity index (χ0n) is 9.45. The summed E-state index contributed by atoms with van der Waals surface area (Å²) in [6.07, 6.45) is 0. The number of ether oxygens (including phenoxy) is 1.